The van der Waals surface area contributed by atoms with Crippen molar-refractivity contribution in [1.29, 1.82) is 0 Å². The first-order valence-electron chi connectivity index (χ1n) is 20.4. The number of carbonyl (C=O) groups is 4. The fraction of sp³-hybridized carbons (Fsp3) is 0.265. The van der Waals surface area contributed by atoms with Gasteiger partial charge in [0.15, 0.2) is 19.5 Å². The van der Waals surface area contributed by atoms with E-state index < -0.39 is 40.9 Å². The smallest absolute Gasteiger partial charge is 0.345 e. The molecule has 63 heavy (non-hydrogen) atoms. The fourth-order valence-electron chi connectivity index (χ4n) is 7.22. The molecule has 1 atom stereocenters. The highest BCUT2D eigenvalue weighted by Gasteiger charge is 2.16. The Labute approximate surface area is 364 Å². The Balaban J connectivity index is 0.904. The quantitative estimate of drug-likeness (QED) is 0.0370. The summed E-state index contributed by atoms with van der Waals surface area (Å²) in [7, 11) is -3.91. The molecule has 1 amide bonds. The SMILES string of the molecule is NS(=O)(=O)c1ccc(NC(=O)CC(=O)OCC(=O)OCC#Cc2cc(COC(=O)CCCc3ccc4ccc5cccc6ccc3c4c56)ccc2C#CCOC2CCCCO2)cc1. The summed E-state index contributed by atoms with van der Waals surface area (Å²) in [5.74, 6) is 8.85. The van der Waals surface area contributed by atoms with Gasteiger partial charge in [0.1, 0.15) is 19.6 Å². The molecule has 0 aliphatic carbocycles. The lowest BCUT2D eigenvalue weighted by Gasteiger charge is -2.21. The molecule has 0 aromatic heterocycles. The van der Waals surface area contributed by atoms with E-state index >= 15 is 0 Å². The van der Waals surface area contributed by atoms with Gasteiger partial charge in [-0.15, -0.1) is 0 Å². The molecule has 1 unspecified atom stereocenters. The summed E-state index contributed by atoms with van der Waals surface area (Å²) in [5.41, 5.74) is 3.19. The third-order valence-corrected chi connectivity index (χ3v) is 11.2. The first kappa shape index (κ1) is 44.3. The number of primary sulfonamides is 1. The second-order valence-electron chi connectivity index (χ2n) is 14.8. The van der Waals surface area contributed by atoms with Crippen LogP contribution >= 0.6 is 0 Å². The maximum absolute atomic E-state index is 12.9. The van der Waals surface area contributed by atoms with Crippen LogP contribution in [0.5, 0.6) is 0 Å². The molecular weight excluding hydrogens is 825 g/mol. The number of amides is 1. The summed E-state index contributed by atoms with van der Waals surface area (Å²) in [5, 5.41) is 14.8. The highest BCUT2D eigenvalue weighted by molar-refractivity contribution is 7.89. The first-order chi connectivity index (χ1) is 30.5. The van der Waals surface area contributed by atoms with Gasteiger partial charge in [-0.05, 0) is 112 Å². The van der Waals surface area contributed by atoms with Crippen LogP contribution in [0.2, 0.25) is 0 Å². The van der Waals surface area contributed by atoms with Crippen LogP contribution in [0.1, 0.15) is 60.8 Å². The summed E-state index contributed by atoms with van der Waals surface area (Å²) in [6, 6.07) is 29.6. The van der Waals surface area contributed by atoms with E-state index in [0.29, 0.717) is 29.7 Å². The number of nitrogens with one attached hydrogen (secondary N) is 1. The molecule has 1 saturated heterocycles. The lowest BCUT2D eigenvalue weighted by atomic mass is 9.90. The Hall–Kier alpha value is -6.81. The Morgan fingerprint density at radius 3 is 2.24 bits per heavy atom. The molecule has 1 aliphatic heterocycles. The number of benzene rings is 6. The van der Waals surface area contributed by atoms with E-state index in [2.05, 4.69) is 83.6 Å². The van der Waals surface area contributed by atoms with Gasteiger partial charge in [-0.1, -0.05) is 84.3 Å². The Kier molecular flexibility index (Phi) is 14.6. The van der Waals surface area contributed by atoms with Crippen molar-refractivity contribution in [2.75, 3.05) is 31.7 Å². The minimum Gasteiger partial charge on any atom is -0.461 e. The van der Waals surface area contributed by atoms with Gasteiger partial charge in [0.25, 0.3) is 0 Å². The van der Waals surface area contributed by atoms with E-state index in [1.165, 1.54) is 62.1 Å². The number of esters is 3. The van der Waals surface area contributed by atoms with Gasteiger partial charge in [-0.3, -0.25) is 14.4 Å². The molecule has 6 aromatic rings. The lowest BCUT2D eigenvalue weighted by molar-refractivity contribution is -0.158. The van der Waals surface area contributed by atoms with Crippen molar-refractivity contribution in [2.24, 2.45) is 5.14 Å². The number of nitrogens with two attached hydrogens (primary N) is 1. The van der Waals surface area contributed by atoms with Crippen molar-refractivity contribution in [3.8, 4) is 23.7 Å². The summed E-state index contributed by atoms with van der Waals surface area (Å²) in [4.78, 5) is 49.4. The highest BCUT2D eigenvalue weighted by atomic mass is 32.2. The van der Waals surface area contributed by atoms with Crippen molar-refractivity contribution in [3.63, 3.8) is 0 Å². The Morgan fingerprint density at radius 2 is 1.48 bits per heavy atom. The number of hydrogen-bond donors (Lipinski definition) is 2. The zero-order valence-corrected chi connectivity index (χ0v) is 35.1. The minimum atomic E-state index is -3.91. The first-order valence-corrected chi connectivity index (χ1v) is 21.9. The van der Waals surface area contributed by atoms with Crippen LogP contribution < -0.4 is 10.5 Å². The van der Waals surface area contributed by atoms with Crippen molar-refractivity contribution < 1.29 is 51.3 Å². The molecule has 0 radical (unpaired) electrons. The van der Waals surface area contributed by atoms with Crippen molar-refractivity contribution in [3.05, 3.63) is 119 Å². The molecule has 0 bridgehead atoms. The van der Waals surface area contributed by atoms with E-state index in [1.54, 1.807) is 18.2 Å². The number of ether oxygens (including phenoxy) is 5. The van der Waals surface area contributed by atoms with Gasteiger partial charge < -0.3 is 29.0 Å². The summed E-state index contributed by atoms with van der Waals surface area (Å²) < 4.78 is 49.8. The number of anilines is 1. The maximum atomic E-state index is 12.9. The third kappa shape index (κ3) is 12.2. The number of aryl methyl sites for hydroxylation is 1. The monoisotopic (exact) mass is 868 g/mol. The molecule has 322 valence electrons. The number of rotatable bonds is 15. The molecule has 7 rings (SSSR count). The predicted octanol–water partition coefficient (Wildman–Crippen LogP) is 6.66. The number of sulfonamides is 1. The van der Waals surface area contributed by atoms with Gasteiger partial charge in [0, 0.05) is 29.8 Å². The van der Waals surface area contributed by atoms with Crippen LogP contribution in [0, 0.1) is 23.7 Å². The number of hydrogen-bond acceptors (Lipinski definition) is 11. The standard InChI is InChI=1S/C49H44N2O11S/c50-63(56,57)41-23-21-40(22-24-41)51-43(52)30-45(54)62-32-46(55)58-27-6-11-39-29-33(14-15-34(39)10-5-28-60-47-13-1-2-26-59-47)31-61-44(53)12-4-7-35-16-17-38-19-18-36-8-3-9-37-20-25-42(35)49(38)48(36)37/h3,8-9,14-25,29,47H,1-2,4,7,12-13,26-28,30-32H2,(H,51,52)(H2,50,56,57). The molecule has 3 N–H and O–H groups in total. The van der Waals surface area contributed by atoms with Gasteiger partial charge in [0.05, 0.1) is 4.90 Å². The molecule has 0 saturated carbocycles. The second kappa shape index (κ2) is 20.8. The van der Waals surface area contributed by atoms with Crippen LogP contribution in [0.25, 0.3) is 32.3 Å². The van der Waals surface area contributed by atoms with Crippen molar-refractivity contribution in [2.45, 2.75) is 62.7 Å². The van der Waals surface area contributed by atoms with E-state index in [9.17, 15) is 27.6 Å². The minimum absolute atomic E-state index is 0.0192. The Bertz CT molecular complexity index is 2870. The zero-order chi connectivity index (χ0) is 44.2. The second-order valence-corrected chi connectivity index (χ2v) is 16.4. The summed E-state index contributed by atoms with van der Waals surface area (Å²) in [6.45, 7) is -0.272. The summed E-state index contributed by atoms with van der Waals surface area (Å²) in [6.07, 6.45) is 3.43. The van der Waals surface area contributed by atoms with E-state index in [4.69, 9.17) is 28.8 Å². The van der Waals surface area contributed by atoms with Gasteiger partial charge in [-0.25, -0.2) is 18.4 Å². The van der Waals surface area contributed by atoms with Gasteiger partial charge >= 0.3 is 17.9 Å². The van der Waals surface area contributed by atoms with Crippen LogP contribution in [0.15, 0.2) is 102 Å². The average Bonchev–Trinajstić information content (AvgIpc) is 3.28. The number of carbonyl (C=O) groups excluding carboxylic acids is 4. The maximum Gasteiger partial charge on any atom is 0.345 e. The Morgan fingerprint density at radius 1 is 0.746 bits per heavy atom. The predicted molar refractivity (Wildman–Crippen MR) is 236 cm³/mol. The van der Waals surface area contributed by atoms with Gasteiger partial charge in [0.2, 0.25) is 15.9 Å². The normalized spacial score (nSPS) is 13.7. The lowest BCUT2D eigenvalue weighted by Crippen LogP contribution is -2.22. The van der Waals surface area contributed by atoms with Crippen LogP contribution in [0.4, 0.5) is 5.69 Å². The molecule has 6 aromatic carbocycles. The molecule has 14 heteroatoms. The van der Waals surface area contributed by atoms with Crippen molar-refractivity contribution >= 4 is 71.8 Å². The van der Waals surface area contributed by atoms with E-state index in [-0.39, 0.29) is 49.1 Å². The fourth-order valence-corrected chi connectivity index (χ4v) is 7.73. The van der Waals surface area contributed by atoms with E-state index in [0.717, 1.165) is 25.7 Å². The molecule has 0 spiro atoms. The summed E-state index contributed by atoms with van der Waals surface area (Å²) >= 11 is 0. The van der Waals surface area contributed by atoms with Crippen molar-refractivity contribution in [1.82, 2.24) is 0 Å². The average molecular weight is 869 g/mol. The molecule has 13 nitrogen and oxygen atoms in total. The molecule has 1 aliphatic rings. The largest absolute Gasteiger partial charge is 0.461 e. The van der Waals surface area contributed by atoms with E-state index in [1.807, 2.05) is 0 Å². The highest BCUT2D eigenvalue weighted by Crippen LogP contribution is 2.36. The van der Waals surface area contributed by atoms with Crippen LogP contribution in [0.3, 0.4) is 0 Å². The molecule has 1 fully saturated rings. The third-order valence-electron chi connectivity index (χ3n) is 10.3. The van der Waals surface area contributed by atoms with Crippen LogP contribution in [-0.4, -0.2) is 65.0 Å². The molecule has 1 heterocycles. The topological polar surface area (TPSA) is 187 Å². The van der Waals surface area contributed by atoms with Gasteiger partial charge in [-0.2, -0.15) is 0 Å². The van der Waals surface area contributed by atoms with Crippen LogP contribution in [-0.2, 0) is 65.9 Å². The zero-order valence-electron chi connectivity index (χ0n) is 34.3. The molecular formula is C49H44N2O11S.